The Balaban J connectivity index is 3.06. The van der Waals surface area contributed by atoms with E-state index in [-0.39, 0.29) is 16.7 Å². The maximum Gasteiger partial charge on any atom is 0.345 e. The van der Waals surface area contributed by atoms with Crippen molar-refractivity contribution in [3.8, 4) is 5.75 Å². The van der Waals surface area contributed by atoms with Crippen LogP contribution in [0, 0.1) is 16.7 Å². The third-order valence-electron chi connectivity index (χ3n) is 3.56. The summed E-state index contributed by atoms with van der Waals surface area (Å²) >= 11 is 0. The molecule has 1 rings (SSSR count). The van der Waals surface area contributed by atoms with Gasteiger partial charge in [-0.05, 0) is 29.4 Å². The molecule has 0 aliphatic heterocycles. The van der Waals surface area contributed by atoms with Crippen molar-refractivity contribution in [2.45, 2.75) is 54.1 Å². The lowest BCUT2D eigenvalue weighted by atomic mass is 9.69. The van der Waals surface area contributed by atoms with Gasteiger partial charge in [0.25, 0.3) is 0 Å². The Morgan fingerprint density at radius 2 is 1.62 bits per heavy atom. The van der Waals surface area contributed by atoms with Crippen LogP contribution in [-0.4, -0.2) is 17.2 Å². The summed E-state index contributed by atoms with van der Waals surface area (Å²) in [6.07, 6.45) is -0.0491. The van der Waals surface area contributed by atoms with Gasteiger partial charge in [-0.15, -0.1) is 0 Å². The van der Waals surface area contributed by atoms with Gasteiger partial charge >= 0.3 is 5.97 Å². The number of hydrogen-bond donors (Lipinski definition) is 1. The molecule has 0 saturated heterocycles. The minimum absolute atomic E-state index is 0.0473. The molecule has 3 heteroatoms. The quantitative estimate of drug-likeness (QED) is 0.861. The number of carboxylic acid groups (broad SMARTS) is 1. The summed E-state index contributed by atoms with van der Waals surface area (Å²) in [6.45, 7) is 12.6. The molecule has 3 nitrogen and oxygen atoms in total. The molecule has 0 spiro atoms. The van der Waals surface area contributed by atoms with Gasteiger partial charge in [0.1, 0.15) is 5.75 Å². The summed E-state index contributed by atoms with van der Waals surface area (Å²) in [5.41, 5.74) is -0.100. The minimum Gasteiger partial charge on any atom is -0.478 e. The Morgan fingerprint density at radius 1 is 1.10 bits per heavy atom. The molecule has 2 atom stereocenters. The number of para-hydroxylation sites is 1. The van der Waals surface area contributed by atoms with Gasteiger partial charge in [0, 0.05) is 5.92 Å². The Bertz CT molecular complexity index is 452. The first-order valence-electron chi connectivity index (χ1n) is 7.45. The molecule has 0 aliphatic rings. The fourth-order valence-electron chi connectivity index (χ4n) is 2.48. The molecule has 0 saturated carbocycles. The molecule has 0 aliphatic carbocycles. The zero-order valence-corrected chi connectivity index (χ0v) is 14.0. The van der Waals surface area contributed by atoms with Gasteiger partial charge in [-0.25, -0.2) is 4.79 Å². The highest BCUT2D eigenvalue weighted by molar-refractivity contribution is 5.73. The van der Waals surface area contributed by atoms with Gasteiger partial charge in [0.15, 0.2) is 6.10 Å². The molecule has 0 radical (unpaired) electrons. The second kappa shape index (κ2) is 6.50. The molecule has 21 heavy (non-hydrogen) atoms. The summed E-state index contributed by atoms with van der Waals surface area (Å²) in [7, 11) is 0. The van der Waals surface area contributed by atoms with Crippen molar-refractivity contribution in [3.63, 3.8) is 0 Å². The smallest absolute Gasteiger partial charge is 0.345 e. The third kappa shape index (κ3) is 5.78. The summed E-state index contributed by atoms with van der Waals surface area (Å²) in [6, 6.07) is 9.19. The normalized spacial score (nSPS) is 15.3. The molecule has 0 fully saturated rings. The second-order valence-electron chi connectivity index (χ2n) is 7.93. The van der Waals surface area contributed by atoms with E-state index >= 15 is 0 Å². The van der Waals surface area contributed by atoms with Gasteiger partial charge in [0.2, 0.25) is 0 Å². The number of aliphatic carboxylic acids is 1. The van der Waals surface area contributed by atoms with Crippen molar-refractivity contribution < 1.29 is 14.6 Å². The molecular formula is C18H28O3. The molecule has 0 heterocycles. The van der Waals surface area contributed by atoms with E-state index in [1.807, 2.05) is 18.2 Å². The van der Waals surface area contributed by atoms with Crippen molar-refractivity contribution in [2.24, 2.45) is 16.7 Å². The van der Waals surface area contributed by atoms with Crippen LogP contribution in [0.3, 0.4) is 0 Å². The second-order valence-corrected chi connectivity index (χ2v) is 7.93. The van der Waals surface area contributed by atoms with E-state index < -0.39 is 12.1 Å². The lowest BCUT2D eigenvalue weighted by Gasteiger charge is -2.38. The molecule has 0 aromatic heterocycles. The maximum atomic E-state index is 11.8. The van der Waals surface area contributed by atoms with E-state index in [2.05, 4.69) is 41.5 Å². The van der Waals surface area contributed by atoms with Crippen LogP contribution in [0.25, 0.3) is 0 Å². The van der Waals surface area contributed by atoms with E-state index in [0.29, 0.717) is 5.75 Å². The van der Waals surface area contributed by atoms with Crippen LogP contribution in [0.1, 0.15) is 48.0 Å². The van der Waals surface area contributed by atoms with Crippen LogP contribution in [-0.2, 0) is 4.79 Å². The summed E-state index contributed by atoms with van der Waals surface area (Å²) < 4.78 is 5.81. The molecule has 0 amide bonds. The fraction of sp³-hybridized carbons (Fsp3) is 0.611. The standard InChI is InChI=1S/C18H28O3/c1-17(2,3)12-14(18(4,5)6)15(16(19)20)21-13-10-8-7-9-11-13/h7-11,14-15H,12H2,1-6H3,(H,19,20). The number of hydrogen-bond acceptors (Lipinski definition) is 2. The van der Waals surface area contributed by atoms with Crippen LogP contribution in [0.5, 0.6) is 5.75 Å². The first-order valence-corrected chi connectivity index (χ1v) is 7.45. The lowest BCUT2D eigenvalue weighted by molar-refractivity contribution is -0.151. The Hall–Kier alpha value is -1.51. The average Bonchev–Trinajstić information content (AvgIpc) is 2.32. The molecule has 1 aromatic rings. The van der Waals surface area contributed by atoms with Gasteiger partial charge in [0.05, 0.1) is 0 Å². The summed E-state index contributed by atoms with van der Waals surface area (Å²) in [4.78, 5) is 11.8. The van der Waals surface area contributed by atoms with Crippen LogP contribution >= 0.6 is 0 Å². The molecule has 2 unspecified atom stereocenters. The topological polar surface area (TPSA) is 46.5 Å². The zero-order chi connectivity index (χ0) is 16.3. The fourth-order valence-corrected chi connectivity index (χ4v) is 2.48. The average molecular weight is 292 g/mol. The van der Waals surface area contributed by atoms with Gasteiger partial charge in [-0.2, -0.15) is 0 Å². The van der Waals surface area contributed by atoms with E-state index in [4.69, 9.17) is 4.74 Å². The van der Waals surface area contributed by atoms with E-state index in [1.165, 1.54) is 0 Å². The SMILES string of the molecule is CC(C)(C)CC(C(Oc1ccccc1)C(=O)O)C(C)(C)C. The minimum atomic E-state index is -0.900. The molecular weight excluding hydrogens is 264 g/mol. The highest BCUT2D eigenvalue weighted by Crippen LogP contribution is 2.39. The highest BCUT2D eigenvalue weighted by atomic mass is 16.5. The van der Waals surface area contributed by atoms with Gasteiger partial charge in [-0.1, -0.05) is 59.7 Å². The van der Waals surface area contributed by atoms with E-state index in [0.717, 1.165) is 6.42 Å². The Morgan fingerprint density at radius 3 is 2.00 bits per heavy atom. The number of carboxylic acids is 1. The monoisotopic (exact) mass is 292 g/mol. The van der Waals surface area contributed by atoms with E-state index in [1.54, 1.807) is 12.1 Å². The molecule has 0 bridgehead atoms. The summed E-state index contributed by atoms with van der Waals surface area (Å²) in [5, 5.41) is 9.64. The van der Waals surface area contributed by atoms with Crippen molar-refractivity contribution in [1.82, 2.24) is 0 Å². The lowest BCUT2D eigenvalue weighted by Crippen LogP contribution is -2.43. The molecule has 118 valence electrons. The number of carbonyl (C=O) groups is 1. The summed E-state index contributed by atoms with van der Waals surface area (Å²) in [5.74, 6) is -0.369. The molecule has 1 aromatic carbocycles. The van der Waals surface area contributed by atoms with E-state index in [9.17, 15) is 9.90 Å². The Labute approximate surface area is 128 Å². The van der Waals surface area contributed by atoms with Crippen molar-refractivity contribution in [2.75, 3.05) is 0 Å². The van der Waals surface area contributed by atoms with Crippen molar-refractivity contribution >= 4 is 5.97 Å². The number of rotatable bonds is 5. The number of benzene rings is 1. The van der Waals surface area contributed by atoms with Crippen LogP contribution in [0.2, 0.25) is 0 Å². The number of ether oxygens (including phenoxy) is 1. The molecule has 1 N–H and O–H groups in total. The third-order valence-corrected chi connectivity index (χ3v) is 3.56. The maximum absolute atomic E-state index is 11.8. The van der Waals surface area contributed by atoms with Gasteiger partial charge < -0.3 is 9.84 Å². The van der Waals surface area contributed by atoms with Gasteiger partial charge in [-0.3, -0.25) is 0 Å². The predicted octanol–water partition coefficient (Wildman–Crippen LogP) is 4.62. The highest BCUT2D eigenvalue weighted by Gasteiger charge is 2.40. The van der Waals surface area contributed by atoms with Crippen molar-refractivity contribution in [1.29, 1.82) is 0 Å². The predicted molar refractivity (Wildman–Crippen MR) is 85.5 cm³/mol. The van der Waals surface area contributed by atoms with Crippen LogP contribution in [0.15, 0.2) is 30.3 Å². The zero-order valence-electron chi connectivity index (χ0n) is 14.0. The first kappa shape index (κ1) is 17.5. The van der Waals surface area contributed by atoms with Crippen LogP contribution in [0.4, 0.5) is 0 Å². The van der Waals surface area contributed by atoms with Crippen LogP contribution < -0.4 is 4.74 Å². The first-order chi connectivity index (χ1) is 9.50. The van der Waals surface area contributed by atoms with Crippen molar-refractivity contribution in [3.05, 3.63) is 30.3 Å². The Kier molecular flexibility index (Phi) is 5.43. The largest absolute Gasteiger partial charge is 0.478 e.